The molecule has 1 heterocycles. The summed E-state index contributed by atoms with van der Waals surface area (Å²) in [5.74, 6) is 0.717. The van der Waals surface area contributed by atoms with Crippen molar-refractivity contribution in [1.82, 2.24) is 15.1 Å². The van der Waals surface area contributed by atoms with Crippen LogP contribution in [0.3, 0.4) is 0 Å². The van der Waals surface area contributed by atoms with Crippen LogP contribution in [0.15, 0.2) is 12.4 Å². The van der Waals surface area contributed by atoms with E-state index >= 15 is 0 Å². The van der Waals surface area contributed by atoms with Crippen LogP contribution in [-0.2, 0) is 6.54 Å². The first-order valence-corrected chi connectivity index (χ1v) is 7.46. The fourth-order valence-corrected chi connectivity index (χ4v) is 2.64. The van der Waals surface area contributed by atoms with Gasteiger partial charge in [-0.2, -0.15) is 5.10 Å². The molecule has 0 aliphatic carbocycles. The molecule has 0 saturated carbocycles. The van der Waals surface area contributed by atoms with Crippen LogP contribution < -0.4 is 5.32 Å². The standard InChI is InChI=1S/C15H29N3/c1-5-8-9-13(7-3)15(16-4)14-11-17-18(12-14)10-6-2/h11-13,15-16H,5-10H2,1-4H3. The maximum atomic E-state index is 4.45. The van der Waals surface area contributed by atoms with Crippen molar-refractivity contribution in [2.24, 2.45) is 5.92 Å². The zero-order chi connectivity index (χ0) is 13.4. The van der Waals surface area contributed by atoms with E-state index in [-0.39, 0.29) is 0 Å². The molecule has 1 aromatic rings. The molecule has 0 aromatic carbocycles. The van der Waals surface area contributed by atoms with Gasteiger partial charge in [0.25, 0.3) is 0 Å². The normalized spacial score (nSPS) is 14.7. The van der Waals surface area contributed by atoms with Gasteiger partial charge in [0.2, 0.25) is 0 Å². The molecule has 3 nitrogen and oxygen atoms in total. The van der Waals surface area contributed by atoms with E-state index in [4.69, 9.17) is 0 Å². The van der Waals surface area contributed by atoms with Gasteiger partial charge in [-0.05, 0) is 25.8 Å². The van der Waals surface area contributed by atoms with E-state index in [2.05, 4.69) is 49.1 Å². The minimum atomic E-state index is 0.451. The van der Waals surface area contributed by atoms with Crippen molar-refractivity contribution in [3.63, 3.8) is 0 Å². The van der Waals surface area contributed by atoms with Crippen LogP contribution in [0.1, 0.15) is 64.5 Å². The SMILES string of the molecule is CCCCC(CC)C(NC)c1cnn(CCC)c1. The average molecular weight is 251 g/mol. The van der Waals surface area contributed by atoms with Gasteiger partial charge >= 0.3 is 0 Å². The number of unbranched alkanes of at least 4 members (excludes halogenated alkanes) is 1. The van der Waals surface area contributed by atoms with Gasteiger partial charge in [-0.15, -0.1) is 0 Å². The van der Waals surface area contributed by atoms with E-state index in [1.165, 1.54) is 31.2 Å². The van der Waals surface area contributed by atoms with E-state index in [0.29, 0.717) is 12.0 Å². The molecule has 1 N–H and O–H groups in total. The van der Waals surface area contributed by atoms with Gasteiger partial charge < -0.3 is 5.32 Å². The molecule has 0 saturated heterocycles. The first-order chi connectivity index (χ1) is 8.76. The van der Waals surface area contributed by atoms with Crippen molar-refractivity contribution in [3.05, 3.63) is 18.0 Å². The third-order valence-electron chi connectivity index (χ3n) is 3.70. The number of aromatic nitrogens is 2. The number of nitrogens with one attached hydrogen (secondary N) is 1. The Kier molecular flexibility index (Phi) is 7.02. The molecule has 2 unspecified atom stereocenters. The lowest BCUT2D eigenvalue weighted by atomic mass is 9.88. The highest BCUT2D eigenvalue weighted by atomic mass is 15.3. The van der Waals surface area contributed by atoms with Gasteiger partial charge in [0.15, 0.2) is 0 Å². The predicted octanol–water partition coefficient (Wildman–Crippen LogP) is 3.77. The van der Waals surface area contributed by atoms with Crippen molar-refractivity contribution in [1.29, 1.82) is 0 Å². The van der Waals surface area contributed by atoms with Crippen LogP contribution in [0.25, 0.3) is 0 Å². The lowest BCUT2D eigenvalue weighted by Crippen LogP contribution is -2.24. The van der Waals surface area contributed by atoms with Crippen molar-refractivity contribution in [2.75, 3.05) is 7.05 Å². The Morgan fingerprint density at radius 2 is 2.06 bits per heavy atom. The number of hydrogen-bond acceptors (Lipinski definition) is 2. The fraction of sp³-hybridized carbons (Fsp3) is 0.800. The van der Waals surface area contributed by atoms with E-state index in [1.54, 1.807) is 0 Å². The molecule has 18 heavy (non-hydrogen) atoms. The van der Waals surface area contributed by atoms with Crippen molar-refractivity contribution in [2.45, 2.75) is 65.5 Å². The van der Waals surface area contributed by atoms with Crippen molar-refractivity contribution in [3.8, 4) is 0 Å². The van der Waals surface area contributed by atoms with Gasteiger partial charge in [-0.1, -0.05) is 40.0 Å². The minimum Gasteiger partial charge on any atom is -0.313 e. The van der Waals surface area contributed by atoms with Crippen LogP contribution in [0.5, 0.6) is 0 Å². The van der Waals surface area contributed by atoms with Crippen molar-refractivity contribution < 1.29 is 0 Å². The lowest BCUT2D eigenvalue weighted by Gasteiger charge is -2.25. The Morgan fingerprint density at radius 1 is 1.28 bits per heavy atom. The molecular weight excluding hydrogens is 222 g/mol. The molecule has 104 valence electrons. The zero-order valence-electron chi connectivity index (χ0n) is 12.4. The summed E-state index contributed by atoms with van der Waals surface area (Å²) >= 11 is 0. The first-order valence-electron chi connectivity index (χ1n) is 7.46. The summed E-state index contributed by atoms with van der Waals surface area (Å²) in [4.78, 5) is 0. The van der Waals surface area contributed by atoms with E-state index < -0.39 is 0 Å². The van der Waals surface area contributed by atoms with Crippen LogP contribution in [0, 0.1) is 5.92 Å². The number of rotatable bonds is 9. The molecule has 2 atom stereocenters. The van der Waals surface area contributed by atoms with Crippen LogP contribution in [0.2, 0.25) is 0 Å². The van der Waals surface area contributed by atoms with E-state index in [9.17, 15) is 0 Å². The summed E-state index contributed by atoms with van der Waals surface area (Å²) < 4.78 is 2.06. The van der Waals surface area contributed by atoms with Crippen molar-refractivity contribution >= 4 is 0 Å². The monoisotopic (exact) mass is 251 g/mol. The summed E-state index contributed by atoms with van der Waals surface area (Å²) in [6, 6.07) is 0.451. The molecule has 0 spiro atoms. The third-order valence-corrected chi connectivity index (χ3v) is 3.70. The summed E-state index contributed by atoms with van der Waals surface area (Å²) in [5, 5.41) is 7.93. The average Bonchev–Trinajstić information content (AvgIpc) is 2.83. The van der Waals surface area contributed by atoms with Crippen LogP contribution in [-0.4, -0.2) is 16.8 Å². The molecule has 0 aliphatic heterocycles. The highest BCUT2D eigenvalue weighted by molar-refractivity contribution is 5.11. The highest BCUT2D eigenvalue weighted by Gasteiger charge is 2.20. The summed E-state index contributed by atoms with van der Waals surface area (Å²) in [7, 11) is 2.07. The van der Waals surface area contributed by atoms with Gasteiger partial charge in [0.05, 0.1) is 6.20 Å². The highest BCUT2D eigenvalue weighted by Crippen LogP contribution is 2.28. The molecule has 3 heteroatoms. The summed E-state index contributed by atoms with van der Waals surface area (Å²) in [6.45, 7) is 7.76. The van der Waals surface area contributed by atoms with Crippen LogP contribution >= 0.6 is 0 Å². The lowest BCUT2D eigenvalue weighted by molar-refractivity contribution is 0.338. The summed E-state index contributed by atoms with van der Waals surface area (Å²) in [5.41, 5.74) is 1.34. The quantitative estimate of drug-likeness (QED) is 0.724. The molecule has 1 aromatic heterocycles. The minimum absolute atomic E-state index is 0.451. The summed E-state index contributed by atoms with van der Waals surface area (Å²) in [6.07, 6.45) is 10.5. The predicted molar refractivity (Wildman–Crippen MR) is 77.6 cm³/mol. The zero-order valence-corrected chi connectivity index (χ0v) is 12.4. The Labute approximate surface area is 112 Å². The Morgan fingerprint density at radius 3 is 2.61 bits per heavy atom. The third kappa shape index (κ3) is 4.13. The maximum absolute atomic E-state index is 4.45. The Hall–Kier alpha value is -0.830. The van der Waals surface area contributed by atoms with E-state index in [1.807, 2.05) is 6.20 Å². The maximum Gasteiger partial charge on any atom is 0.0537 e. The second kappa shape index (κ2) is 8.30. The van der Waals surface area contributed by atoms with E-state index in [0.717, 1.165) is 13.0 Å². The number of nitrogens with zero attached hydrogens (tertiary/aromatic N) is 2. The van der Waals surface area contributed by atoms with Gasteiger partial charge in [0, 0.05) is 24.3 Å². The second-order valence-electron chi connectivity index (χ2n) is 5.11. The number of hydrogen-bond donors (Lipinski definition) is 1. The molecule has 0 bridgehead atoms. The smallest absolute Gasteiger partial charge is 0.0537 e. The van der Waals surface area contributed by atoms with Gasteiger partial charge in [-0.25, -0.2) is 0 Å². The fourth-order valence-electron chi connectivity index (χ4n) is 2.64. The molecule has 0 aliphatic rings. The molecule has 0 amide bonds. The molecular formula is C15H29N3. The molecule has 1 rings (SSSR count). The number of aryl methyl sites for hydroxylation is 1. The Balaban J connectivity index is 2.72. The Bertz CT molecular complexity index is 319. The molecule has 0 fully saturated rings. The van der Waals surface area contributed by atoms with Crippen LogP contribution in [0.4, 0.5) is 0 Å². The largest absolute Gasteiger partial charge is 0.313 e. The van der Waals surface area contributed by atoms with Gasteiger partial charge in [-0.3, -0.25) is 4.68 Å². The topological polar surface area (TPSA) is 29.9 Å². The van der Waals surface area contributed by atoms with Gasteiger partial charge in [0.1, 0.15) is 0 Å². The first kappa shape index (κ1) is 15.2. The second-order valence-corrected chi connectivity index (χ2v) is 5.11. The molecule has 0 radical (unpaired) electrons.